The van der Waals surface area contributed by atoms with E-state index >= 15 is 0 Å². The fraction of sp³-hybridized carbons (Fsp3) is 0.778. The number of carbonyl (C=O) groups excluding carboxylic acids is 6. The Morgan fingerprint density at radius 1 is 0.450 bits per heavy atom. The van der Waals surface area contributed by atoms with Crippen molar-refractivity contribution in [1.82, 2.24) is 0 Å². The summed E-state index contributed by atoms with van der Waals surface area (Å²) in [5.74, 6) is -2.19. The number of hydrogen-bond donors (Lipinski definition) is 0. The predicted octanol–water partition coefficient (Wildman–Crippen LogP) is 4.88. The minimum atomic E-state index is -0.618. The molecule has 0 N–H and O–H groups in total. The van der Waals surface area contributed by atoms with E-state index in [0.717, 1.165) is 19.3 Å². The molecule has 0 radical (unpaired) electrons. The van der Waals surface area contributed by atoms with Gasteiger partial charge in [-0.05, 0) is 60.8 Å². The molecule has 0 amide bonds. The molecule has 0 heterocycles. The largest absolute Gasteiger partial charge is 0.349 e. The second-order valence-corrected chi connectivity index (χ2v) is 9.20. The van der Waals surface area contributed by atoms with Crippen LogP contribution in [-0.4, -0.2) is 53.6 Å². The summed E-state index contributed by atoms with van der Waals surface area (Å²) in [6.07, 6.45) is 2.37. The topological polar surface area (TPSA) is 158 Å². The van der Waals surface area contributed by atoms with Crippen molar-refractivity contribution in [3.05, 3.63) is 0 Å². The summed E-state index contributed by atoms with van der Waals surface area (Å²) in [5, 5.41) is 0. The van der Waals surface area contributed by atoms with Crippen molar-refractivity contribution in [1.29, 1.82) is 0 Å². The molecule has 0 aromatic heterocycles. The van der Waals surface area contributed by atoms with Gasteiger partial charge in [0.2, 0.25) is 0 Å². The maximum atomic E-state index is 10.9. The first-order valence-corrected chi connectivity index (χ1v) is 13.3. The van der Waals surface area contributed by atoms with E-state index in [1.807, 2.05) is 20.8 Å². The van der Waals surface area contributed by atoms with Crippen LogP contribution in [0.1, 0.15) is 120 Å². The molecule has 0 bridgehead atoms. The van der Waals surface area contributed by atoms with Crippen molar-refractivity contribution in [3.63, 3.8) is 0 Å². The minimum absolute atomic E-state index is 0. The monoisotopic (exact) mass is 654 g/mol. The summed E-state index contributed by atoms with van der Waals surface area (Å²) in [7, 11) is 0. The van der Waals surface area contributed by atoms with Gasteiger partial charge in [-0.1, -0.05) is 20.8 Å². The van der Waals surface area contributed by atoms with Gasteiger partial charge in [-0.3, -0.25) is 29.0 Å². The Labute approximate surface area is 257 Å². The SMILES string of the molecule is CCCC(=O)CC(=O)OOC(C)C.CCCC(=O)CC(=O)OOC(C)C.CCCC(=O)CC(=O)OOC(C)C.[Zr]. The number of rotatable bonds is 18. The second kappa shape index (κ2) is 30.1. The van der Waals surface area contributed by atoms with Crippen LogP contribution in [-0.2, 0) is 84.3 Å². The maximum absolute atomic E-state index is 10.9. The van der Waals surface area contributed by atoms with Gasteiger partial charge in [0, 0.05) is 45.5 Å². The molecule has 232 valence electrons. The van der Waals surface area contributed by atoms with Crippen LogP contribution in [0.25, 0.3) is 0 Å². The van der Waals surface area contributed by atoms with E-state index in [9.17, 15) is 28.8 Å². The molecule has 0 spiro atoms. The zero-order valence-corrected chi connectivity index (χ0v) is 28.0. The van der Waals surface area contributed by atoms with Crippen LogP contribution in [0.5, 0.6) is 0 Å². The molecule has 0 saturated heterocycles. The third-order valence-corrected chi connectivity index (χ3v) is 3.61. The van der Waals surface area contributed by atoms with Crippen LogP contribution in [0.15, 0.2) is 0 Å². The van der Waals surface area contributed by atoms with Gasteiger partial charge >= 0.3 is 17.9 Å². The first-order chi connectivity index (χ1) is 18.2. The molecule has 0 fully saturated rings. The third-order valence-electron chi connectivity index (χ3n) is 3.61. The van der Waals surface area contributed by atoms with E-state index < -0.39 is 17.9 Å². The Morgan fingerprint density at radius 2 is 0.650 bits per heavy atom. The van der Waals surface area contributed by atoms with Gasteiger partial charge in [-0.2, -0.15) is 14.7 Å². The number of carbonyl (C=O) groups is 6. The molecule has 40 heavy (non-hydrogen) atoms. The molecular weight excluding hydrogens is 608 g/mol. The summed E-state index contributed by atoms with van der Waals surface area (Å²) in [6, 6.07) is 0. The second-order valence-electron chi connectivity index (χ2n) is 9.20. The molecule has 0 aliphatic rings. The van der Waals surface area contributed by atoms with Gasteiger partial charge in [-0.15, -0.1) is 0 Å². The zero-order chi connectivity index (χ0) is 30.8. The average Bonchev–Trinajstić information content (AvgIpc) is 2.81. The Hall–Kier alpha value is -1.82. The summed E-state index contributed by atoms with van der Waals surface area (Å²) in [6.45, 7) is 16.1. The maximum Gasteiger partial charge on any atom is 0.349 e. The molecule has 0 aromatic carbocycles. The predicted molar refractivity (Wildman–Crippen MR) is 141 cm³/mol. The normalized spacial score (nSPS) is 9.90. The van der Waals surface area contributed by atoms with Crippen LogP contribution in [0.4, 0.5) is 0 Å². The molecule has 0 rings (SSSR count). The Bertz CT molecular complexity index is 625. The van der Waals surface area contributed by atoms with Crippen molar-refractivity contribution in [2.24, 2.45) is 0 Å². The standard InChI is InChI=1S/3C9H16O4.Zr/c3*1-4-5-8(10)6-9(11)13-12-7(2)3;/h3*7H,4-6H2,1-3H3;. The molecule has 0 aliphatic carbocycles. The van der Waals surface area contributed by atoms with E-state index in [0.29, 0.717) is 19.3 Å². The van der Waals surface area contributed by atoms with E-state index in [-0.39, 0.29) is 81.1 Å². The van der Waals surface area contributed by atoms with Gasteiger partial charge in [0.25, 0.3) is 0 Å². The fourth-order valence-corrected chi connectivity index (χ4v) is 2.12. The van der Waals surface area contributed by atoms with E-state index in [1.54, 1.807) is 41.5 Å². The summed E-state index contributed by atoms with van der Waals surface area (Å²) >= 11 is 0. The minimum Gasteiger partial charge on any atom is -0.299 e. The van der Waals surface area contributed by atoms with Crippen LogP contribution in [0.2, 0.25) is 0 Å². The molecule has 13 heteroatoms. The Kier molecular flexibility index (Phi) is 34.1. The van der Waals surface area contributed by atoms with Gasteiger partial charge < -0.3 is 0 Å². The fourth-order valence-electron chi connectivity index (χ4n) is 2.12. The zero-order valence-electron chi connectivity index (χ0n) is 25.5. The van der Waals surface area contributed by atoms with Crippen molar-refractivity contribution >= 4 is 35.3 Å². The molecule has 0 atom stereocenters. The van der Waals surface area contributed by atoms with Crippen LogP contribution in [0.3, 0.4) is 0 Å². The Morgan fingerprint density at radius 3 is 0.800 bits per heavy atom. The van der Waals surface area contributed by atoms with E-state index in [4.69, 9.17) is 0 Å². The van der Waals surface area contributed by atoms with Crippen molar-refractivity contribution in [2.75, 3.05) is 0 Å². The summed E-state index contributed by atoms with van der Waals surface area (Å²) in [4.78, 5) is 92.2. The van der Waals surface area contributed by atoms with Crippen molar-refractivity contribution < 1.29 is 84.3 Å². The number of ketones is 3. The molecule has 0 saturated carbocycles. The smallest absolute Gasteiger partial charge is 0.299 e. The third kappa shape index (κ3) is 38.3. The molecule has 12 nitrogen and oxygen atoms in total. The average molecular weight is 656 g/mol. The number of Topliss-reactive ketones (excluding diaryl/α,β-unsaturated/α-hetero) is 3. The van der Waals surface area contributed by atoms with E-state index in [2.05, 4.69) is 29.3 Å². The summed E-state index contributed by atoms with van der Waals surface area (Å²) < 4.78 is 0. The quantitative estimate of drug-likeness (QED) is 0.112. The van der Waals surface area contributed by atoms with Gasteiger partial charge in [0.15, 0.2) is 0 Å². The van der Waals surface area contributed by atoms with Gasteiger partial charge in [0.1, 0.15) is 36.6 Å². The summed E-state index contributed by atoms with van der Waals surface area (Å²) in [5.41, 5.74) is 0. The van der Waals surface area contributed by atoms with Crippen LogP contribution >= 0.6 is 0 Å². The molecular formula is C27H48O12Zr. The van der Waals surface area contributed by atoms with Gasteiger partial charge in [0.05, 0.1) is 18.3 Å². The van der Waals surface area contributed by atoms with Crippen molar-refractivity contribution in [3.8, 4) is 0 Å². The van der Waals surface area contributed by atoms with Gasteiger partial charge in [-0.25, -0.2) is 14.4 Å². The van der Waals surface area contributed by atoms with Crippen LogP contribution < -0.4 is 0 Å². The van der Waals surface area contributed by atoms with E-state index in [1.165, 1.54) is 0 Å². The first-order valence-electron chi connectivity index (χ1n) is 13.3. The molecule has 0 unspecified atom stereocenters. The number of hydrogen-bond acceptors (Lipinski definition) is 12. The van der Waals surface area contributed by atoms with Crippen molar-refractivity contribution in [2.45, 2.75) is 138 Å². The first kappa shape index (κ1) is 45.2. The van der Waals surface area contributed by atoms with Crippen LogP contribution in [0, 0.1) is 0 Å². The molecule has 0 aliphatic heterocycles. The molecule has 0 aromatic rings. The Balaban J connectivity index is -0.000000240.